The SMILES string of the molecule is CCCCCCC(CO)CCCCCCCO. The van der Waals surface area contributed by atoms with Gasteiger partial charge < -0.3 is 10.2 Å². The fourth-order valence-electron chi connectivity index (χ4n) is 2.26. The largest absolute Gasteiger partial charge is 0.396 e. The molecule has 0 aliphatic rings. The van der Waals surface area contributed by atoms with E-state index in [2.05, 4.69) is 6.92 Å². The molecule has 1 atom stereocenters. The van der Waals surface area contributed by atoms with E-state index in [0.717, 1.165) is 12.8 Å². The molecule has 2 nitrogen and oxygen atoms in total. The smallest absolute Gasteiger partial charge is 0.0459 e. The first-order valence-electron chi connectivity index (χ1n) is 7.56. The quantitative estimate of drug-likeness (QED) is 0.482. The van der Waals surface area contributed by atoms with Gasteiger partial charge in [-0.1, -0.05) is 58.3 Å². The predicted octanol–water partition coefficient (Wildman–Crippen LogP) is 3.90. The Balaban J connectivity index is 3.28. The van der Waals surface area contributed by atoms with Crippen molar-refractivity contribution in [1.82, 2.24) is 0 Å². The molecule has 2 N–H and O–H groups in total. The molecule has 0 rings (SSSR count). The highest BCUT2D eigenvalue weighted by molar-refractivity contribution is 4.59. The molecule has 0 saturated carbocycles. The van der Waals surface area contributed by atoms with Crippen LogP contribution in [0.15, 0.2) is 0 Å². The van der Waals surface area contributed by atoms with Gasteiger partial charge in [-0.2, -0.15) is 0 Å². The molecule has 0 heterocycles. The minimum absolute atomic E-state index is 0.330. The first-order valence-corrected chi connectivity index (χ1v) is 7.56. The van der Waals surface area contributed by atoms with Gasteiger partial charge in [-0.3, -0.25) is 0 Å². The Labute approximate surface area is 107 Å². The minimum atomic E-state index is 0.330. The fraction of sp³-hybridized carbons (Fsp3) is 1.00. The van der Waals surface area contributed by atoms with Gasteiger partial charge in [0.1, 0.15) is 0 Å². The summed E-state index contributed by atoms with van der Waals surface area (Å²) in [4.78, 5) is 0. The zero-order chi connectivity index (χ0) is 12.8. The third-order valence-electron chi connectivity index (χ3n) is 3.49. The normalized spacial score (nSPS) is 12.9. The van der Waals surface area contributed by atoms with Gasteiger partial charge in [0.25, 0.3) is 0 Å². The summed E-state index contributed by atoms with van der Waals surface area (Å²) in [6, 6.07) is 0. The zero-order valence-corrected chi connectivity index (χ0v) is 11.7. The lowest BCUT2D eigenvalue weighted by Crippen LogP contribution is -2.06. The van der Waals surface area contributed by atoms with E-state index < -0.39 is 0 Å². The van der Waals surface area contributed by atoms with E-state index in [1.165, 1.54) is 57.8 Å². The molecule has 0 radical (unpaired) electrons. The van der Waals surface area contributed by atoms with Gasteiger partial charge in [0, 0.05) is 13.2 Å². The van der Waals surface area contributed by atoms with Gasteiger partial charge in [0.05, 0.1) is 0 Å². The Morgan fingerprint density at radius 3 is 1.76 bits per heavy atom. The summed E-state index contributed by atoms with van der Waals surface area (Å²) in [6.07, 6.45) is 13.4. The topological polar surface area (TPSA) is 40.5 Å². The predicted molar refractivity (Wildman–Crippen MR) is 74.1 cm³/mol. The van der Waals surface area contributed by atoms with Crippen molar-refractivity contribution in [3.63, 3.8) is 0 Å². The average Bonchev–Trinajstić information content (AvgIpc) is 2.36. The fourth-order valence-corrected chi connectivity index (χ4v) is 2.26. The average molecular weight is 244 g/mol. The van der Waals surface area contributed by atoms with Crippen LogP contribution in [0.3, 0.4) is 0 Å². The summed E-state index contributed by atoms with van der Waals surface area (Å²) in [7, 11) is 0. The Hall–Kier alpha value is -0.0800. The third kappa shape index (κ3) is 12.2. The Bertz CT molecular complexity index is 137. The van der Waals surface area contributed by atoms with Gasteiger partial charge in [-0.05, 0) is 25.2 Å². The van der Waals surface area contributed by atoms with Crippen LogP contribution in [0.1, 0.15) is 77.6 Å². The summed E-state index contributed by atoms with van der Waals surface area (Å²) in [5.41, 5.74) is 0. The zero-order valence-electron chi connectivity index (χ0n) is 11.7. The summed E-state index contributed by atoms with van der Waals surface area (Å²) in [6.45, 7) is 2.93. The molecular formula is C15H32O2. The maximum absolute atomic E-state index is 9.29. The van der Waals surface area contributed by atoms with E-state index in [-0.39, 0.29) is 0 Å². The van der Waals surface area contributed by atoms with Crippen LogP contribution in [0.25, 0.3) is 0 Å². The van der Waals surface area contributed by atoms with Gasteiger partial charge >= 0.3 is 0 Å². The van der Waals surface area contributed by atoms with Crippen LogP contribution in [-0.2, 0) is 0 Å². The highest BCUT2D eigenvalue weighted by Gasteiger charge is 2.06. The third-order valence-corrected chi connectivity index (χ3v) is 3.49. The van der Waals surface area contributed by atoms with Crippen LogP contribution in [0.5, 0.6) is 0 Å². The summed E-state index contributed by atoms with van der Waals surface area (Å²) >= 11 is 0. The summed E-state index contributed by atoms with van der Waals surface area (Å²) < 4.78 is 0. The van der Waals surface area contributed by atoms with E-state index in [4.69, 9.17) is 5.11 Å². The molecule has 2 heteroatoms. The molecular weight excluding hydrogens is 212 g/mol. The summed E-state index contributed by atoms with van der Waals surface area (Å²) in [5.74, 6) is 0.532. The lowest BCUT2D eigenvalue weighted by atomic mass is 9.95. The minimum Gasteiger partial charge on any atom is -0.396 e. The van der Waals surface area contributed by atoms with E-state index in [1.54, 1.807) is 0 Å². The van der Waals surface area contributed by atoms with Crippen LogP contribution in [-0.4, -0.2) is 23.4 Å². The van der Waals surface area contributed by atoms with Crippen molar-refractivity contribution in [3.05, 3.63) is 0 Å². The molecule has 0 aromatic heterocycles. The molecule has 0 spiro atoms. The van der Waals surface area contributed by atoms with Crippen molar-refractivity contribution < 1.29 is 10.2 Å². The first-order chi connectivity index (χ1) is 8.35. The molecule has 17 heavy (non-hydrogen) atoms. The summed E-state index contributed by atoms with van der Waals surface area (Å²) in [5, 5.41) is 17.9. The highest BCUT2D eigenvalue weighted by Crippen LogP contribution is 2.17. The van der Waals surface area contributed by atoms with Crippen molar-refractivity contribution >= 4 is 0 Å². The maximum Gasteiger partial charge on any atom is 0.0459 e. The van der Waals surface area contributed by atoms with Crippen LogP contribution >= 0.6 is 0 Å². The van der Waals surface area contributed by atoms with Gasteiger partial charge in [-0.15, -0.1) is 0 Å². The number of aliphatic hydroxyl groups is 2. The molecule has 0 amide bonds. The van der Waals surface area contributed by atoms with Crippen molar-refractivity contribution in [2.45, 2.75) is 77.6 Å². The Kier molecular flexibility index (Phi) is 13.9. The van der Waals surface area contributed by atoms with E-state index in [0.29, 0.717) is 19.1 Å². The van der Waals surface area contributed by atoms with Gasteiger partial charge in [-0.25, -0.2) is 0 Å². The standard InChI is InChI=1S/C15H32O2/c1-2-3-4-8-11-15(14-17)12-9-6-5-7-10-13-16/h15-17H,2-14H2,1H3. The van der Waals surface area contributed by atoms with Crippen molar-refractivity contribution in [2.24, 2.45) is 5.92 Å². The number of hydrogen-bond acceptors (Lipinski definition) is 2. The van der Waals surface area contributed by atoms with Crippen LogP contribution in [0.4, 0.5) is 0 Å². The highest BCUT2D eigenvalue weighted by atomic mass is 16.3. The van der Waals surface area contributed by atoms with Crippen molar-refractivity contribution in [2.75, 3.05) is 13.2 Å². The Morgan fingerprint density at radius 2 is 1.24 bits per heavy atom. The van der Waals surface area contributed by atoms with E-state index in [1.807, 2.05) is 0 Å². The molecule has 104 valence electrons. The molecule has 0 saturated heterocycles. The number of unbranched alkanes of at least 4 members (excludes halogenated alkanes) is 7. The van der Waals surface area contributed by atoms with Crippen LogP contribution < -0.4 is 0 Å². The molecule has 0 aliphatic heterocycles. The van der Waals surface area contributed by atoms with Crippen LogP contribution in [0, 0.1) is 5.92 Å². The van der Waals surface area contributed by atoms with Gasteiger partial charge in [0.2, 0.25) is 0 Å². The molecule has 0 aliphatic carbocycles. The van der Waals surface area contributed by atoms with Gasteiger partial charge in [0.15, 0.2) is 0 Å². The maximum atomic E-state index is 9.29. The van der Waals surface area contributed by atoms with Crippen molar-refractivity contribution in [1.29, 1.82) is 0 Å². The molecule has 0 bridgehead atoms. The first kappa shape index (κ1) is 16.9. The number of rotatable bonds is 13. The van der Waals surface area contributed by atoms with Crippen LogP contribution in [0.2, 0.25) is 0 Å². The molecule has 0 aromatic carbocycles. The second-order valence-corrected chi connectivity index (χ2v) is 5.18. The lowest BCUT2D eigenvalue weighted by molar-refractivity contribution is 0.204. The second-order valence-electron chi connectivity index (χ2n) is 5.18. The Morgan fingerprint density at radius 1 is 0.706 bits per heavy atom. The lowest BCUT2D eigenvalue weighted by Gasteiger charge is -2.13. The van der Waals surface area contributed by atoms with Crippen molar-refractivity contribution in [3.8, 4) is 0 Å². The number of hydrogen-bond donors (Lipinski definition) is 2. The molecule has 0 fully saturated rings. The monoisotopic (exact) mass is 244 g/mol. The van der Waals surface area contributed by atoms with E-state index >= 15 is 0 Å². The number of aliphatic hydroxyl groups excluding tert-OH is 2. The van der Waals surface area contributed by atoms with E-state index in [9.17, 15) is 5.11 Å². The molecule has 0 aromatic rings. The second kappa shape index (κ2) is 14.0. The molecule has 1 unspecified atom stereocenters.